The molecule has 3 aromatic rings. The number of pyridine rings is 1. The number of hydrogen-bond donors (Lipinski definition) is 3. The normalized spacial score (nSPS) is 17.2. The van der Waals surface area contributed by atoms with Crippen molar-refractivity contribution < 1.29 is 26.4 Å². The van der Waals surface area contributed by atoms with E-state index in [1.807, 2.05) is 36.8 Å². The first-order valence-corrected chi connectivity index (χ1v) is 12.2. The molecule has 3 heterocycles. The van der Waals surface area contributed by atoms with Crippen LogP contribution < -0.4 is 19.8 Å². The van der Waals surface area contributed by atoms with Gasteiger partial charge in [0.2, 0.25) is 0 Å². The van der Waals surface area contributed by atoms with E-state index in [4.69, 9.17) is 0 Å². The van der Waals surface area contributed by atoms with Crippen LogP contribution in [0.5, 0.6) is 0 Å². The van der Waals surface area contributed by atoms with E-state index in [0.717, 1.165) is 0 Å². The molecule has 13 heteroatoms. The molecule has 0 saturated carbocycles. The van der Waals surface area contributed by atoms with Crippen molar-refractivity contribution in [3.63, 3.8) is 0 Å². The Hall–Kier alpha value is -3.54. The third kappa shape index (κ3) is 4.97. The molecule has 0 bridgehead atoms. The van der Waals surface area contributed by atoms with Gasteiger partial charge in [-0.2, -0.15) is 21.6 Å². The quantitative estimate of drug-likeness (QED) is 0.439. The van der Waals surface area contributed by atoms with E-state index >= 15 is 0 Å². The molecule has 186 valence electrons. The van der Waals surface area contributed by atoms with Crippen LogP contribution in [0, 0.1) is 0 Å². The molecule has 0 aliphatic carbocycles. The number of anilines is 3. The number of fused-ring (bicyclic) bond motifs is 1. The van der Waals surface area contributed by atoms with Gasteiger partial charge in [-0.15, -0.1) is 0 Å². The summed E-state index contributed by atoms with van der Waals surface area (Å²) in [5.41, 5.74) is -4.80. The standard InChI is InChI=1S/C22H23F3N6O3S/c1-14(2)27-21-18(13-32)30(9-10-31(21)19-5-3-4-8-26-19)20-12-15-11-16(6-7-17(15)28-20)29-35(33,34)22(23,24)25/h3-8,11-12,14,21,27-29H,9-10H2,1-2H3. The molecule has 1 fully saturated rings. The van der Waals surface area contributed by atoms with Crippen molar-refractivity contribution in [1.29, 1.82) is 0 Å². The van der Waals surface area contributed by atoms with E-state index in [1.165, 1.54) is 18.2 Å². The van der Waals surface area contributed by atoms with Gasteiger partial charge in [0.15, 0.2) is 0 Å². The first-order chi connectivity index (χ1) is 16.5. The topological polar surface area (TPSA) is 110 Å². The molecule has 0 spiro atoms. The van der Waals surface area contributed by atoms with Crippen molar-refractivity contribution in [2.24, 2.45) is 0 Å². The summed E-state index contributed by atoms with van der Waals surface area (Å²) >= 11 is 0. The number of hydrogen-bond acceptors (Lipinski definition) is 7. The first-order valence-electron chi connectivity index (χ1n) is 10.7. The zero-order chi connectivity index (χ0) is 25.4. The number of carbonyl (C=O) groups excluding carboxylic acids is 1. The lowest BCUT2D eigenvalue weighted by Gasteiger charge is -2.43. The number of H-pyrrole nitrogens is 1. The molecule has 1 aromatic carbocycles. The van der Waals surface area contributed by atoms with Crippen LogP contribution in [0.2, 0.25) is 0 Å². The van der Waals surface area contributed by atoms with E-state index in [2.05, 4.69) is 15.3 Å². The van der Waals surface area contributed by atoms with Crippen molar-refractivity contribution in [2.75, 3.05) is 27.6 Å². The van der Waals surface area contributed by atoms with Crippen LogP contribution in [0.15, 0.2) is 54.4 Å². The number of aromatic nitrogens is 2. The maximum Gasteiger partial charge on any atom is 0.516 e. The number of piperazine rings is 1. The number of halogens is 3. The van der Waals surface area contributed by atoms with Gasteiger partial charge in [-0.25, -0.2) is 9.78 Å². The number of alkyl halides is 3. The van der Waals surface area contributed by atoms with Crippen LogP contribution in [0.1, 0.15) is 13.8 Å². The molecule has 1 unspecified atom stereocenters. The SMILES string of the molecule is CC(C)NC1C(=C=O)N(c2cc3cc(NS(=O)(=O)C(F)(F)F)ccc3[nH]2)CCN1c1ccccn1. The van der Waals surface area contributed by atoms with Gasteiger partial charge in [-0.1, -0.05) is 6.07 Å². The molecule has 9 nitrogen and oxygen atoms in total. The van der Waals surface area contributed by atoms with E-state index in [-0.39, 0.29) is 11.7 Å². The van der Waals surface area contributed by atoms with Crippen molar-refractivity contribution in [2.45, 2.75) is 31.6 Å². The van der Waals surface area contributed by atoms with Crippen LogP contribution in [-0.2, 0) is 14.8 Å². The summed E-state index contributed by atoms with van der Waals surface area (Å²) < 4.78 is 62.6. The van der Waals surface area contributed by atoms with E-state index < -0.39 is 21.7 Å². The highest BCUT2D eigenvalue weighted by Gasteiger charge is 2.46. The van der Waals surface area contributed by atoms with E-state index in [1.54, 1.807) is 28.0 Å². The van der Waals surface area contributed by atoms with Crippen LogP contribution in [0.25, 0.3) is 10.9 Å². The zero-order valence-corrected chi connectivity index (χ0v) is 19.6. The monoisotopic (exact) mass is 508 g/mol. The van der Waals surface area contributed by atoms with Gasteiger partial charge >= 0.3 is 15.5 Å². The maximum atomic E-state index is 12.7. The summed E-state index contributed by atoms with van der Waals surface area (Å²) in [5, 5.41) is 3.83. The molecule has 3 N–H and O–H groups in total. The molecule has 0 amide bonds. The van der Waals surface area contributed by atoms with Gasteiger partial charge in [0, 0.05) is 41.9 Å². The number of nitrogens with zero attached hydrogens (tertiary/aromatic N) is 3. The first kappa shape index (κ1) is 24.6. The molecule has 1 aliphatic rings. The number of rotatable bonds is 6. The average molecular weight is 509 g/mol. The molecular weight excluding hydrogens is 485 g/mol. The third-order valence-corrected chi connectivity index (χ3v) is 6.53. The van der Waals surface area contributed by atoms with Gasteiger partial charge in [-0.05, 0) is 50.2 Å². The second-order valence-corrected chi connectivity index (χ2v) is 9.93. The van der Waals surface area contributed by atoms with Gasteiger partial charge in [0.1, 0.15) is 29.4 Å². The minimum Gasteiger partial charge on any atom is -0.341 e. The molecule has 1 saturated heterocycles. The van der Waals surface area contributed by atoms with Crippen molar-refractivity contribution in [3.05, 3.63) is 54.4 Å². The Labute approximate surface area is 199 Å². The van der Waals surface area contributed by atoms with Crippen molar-refractivity contribution >= 4 is 44.2 Å². The number of nitrogens with one attached hydrogen (secondary N) is 3. The van der Waals surface area contributed by atoms with Crippen molar-refractivity contribution in [1.82, 2.24) is 15.3 Å². The van der Waals surface area contributed by atoms with E-state index in [0.29, 0.717) is 41.3 Å². The van der Waals surface area contributed by atoms with Crippen LogP contribution >= 0.6 is 0 Å². The molecule has 0 radical (unpaired) electrons. The van der Waals surface area contributed by atoms with Crippen molar-refractivity contribution in [3.8, 4) is 0 Å². The summed E-state index contributed by atoms with van der Waals surface area (Å²) in [4.78, 5) is 23.4. The Morgan fingerprint density at radius 2 is 1.94 bits per heavy atom. The van der Waals surface area contributed by atoms with Crippen LogP contribution in [-0.4, -0.2) is 55.1 Å². The van der Waals surface area contributed by atoms with Gasteiger partial charge < -0.3 is 14.8 Å². The molecule has 4 rings (SSSR count). The fraction of sp³-hybridized carbons (Fsp3) is 0.318. The summed E-state index contributed by atoms with van der Waals surface area (Å²) in [5.74, 6) is 3.24. The Balaban J connectivity index is 1.66. The minimum absolute atomic E-state index is 0.0291. The molecule has 1 atom stereocenters. The third-order valence-electron chi connectivity index (χ3n) is 5.42. The fourth-order valence-electron chi connectivity index (χ4n) is 3.91. The van der Waals surface area contributed by atoms with Gasteiger partial charge in [0.25, 0.3) is 0 Å². The highest BCUT2D eigenvalue weighted by atomic mass is 32.2. The Kier molecular flexibility index (Phi) is 6.50. The Bertz CT molecular complexity index is 1370. The van der Waals surface area contributed by atoms with E-state index in [9.17, 15) is 26.4 Å². The number of sulfonamides is 1. The smallest absolute Gasteiger partial charge is 0.341 e. The lowest BCUT2D eigenvalue weighted by atomic mass is 10.1. The lowest BCUT2D eigenvalue weighted by molar-refractivity contribution is -0.0429. The second kappa shape index (κ2) is 9.25. The van der Waals surface area contributed by atoms with Gasteiger partial charge in [0.05, 0.1) is 0 Å². The largest absolute Gasteiger partial charge is 0.516 e. The lowest BCUT2D eigenvalue weighted by Crippen LogP contribution is -2.59. The minimum atomic E-state index is -5.54. The number of aromatic amines is 1. The molecular formula is C22H23F3N6O3S. The van der Waals surface area contributed by atoms with Crippen LogP contribution in [0.4, 0.5) is 30.5 Å². The average Bonchev–Trinajstić information content (AvgIpc) is 3.21. The summed E-state index contributed by atoms with van der Waals surface area (Å²) in [6.45, 7) is 4.81. The molecule has 2 aromatic heterocycles. The fourth-order valence-corrected chi connectivity index (χ4v) is 4.46. The summed E-state index contributed by atoms with van der Waals surface area (Å²) in [7, 11) is -5.54. The Morgan fingerprint density at radius 3 is 2.57 bits per heavy atom. The molecule has 1 aliphatic heterocycles. The highest BCUT2D eigenvalue weighted by molar-refractivity contribution is 7.93. The summed E-state index contributed by atoms with van der Waals surface area (Å²) in [6.07, 6.45) is 1.14. The number of benzene rings is 1. The highest BCUT2D eigenvalue weighted by Crippen LogP contribution is 2.32. The second-order valence-electron chi connectivity index (χ2n) is 8.25. The molecule has 35 heavy (non-hydrogen) atoms. The predicted molar refractivity (Wildman–Crippen MR) is 127 cm³/mol. The van der Waals surface area contributed by atoms with Crippen LogP contribution in [0.3, 0.4) is 0 Å². The van der Waals surface area contributed by atoms with Gasteiger partial charge in [-0.3, -0.25) is 10.0 Å². The predicted octanol–water partition coefficient (Wildman–Crippen LogP) is 3.19. The Morgan fingerprint density at radius 1 is 1.17 bits per heavy atom. The zero-order valence-electron chi connectivity index (χ0n) is 18.8. The maximum absolute atomic E-state index is 12.7. The summed E-state index contributed by atoms with van der Waals surface area (Å²) in [6, 6.07) is 11.1.